The quantitative estimate of drug-likeness (QED) is 0.747. The van der Waals surface area contributed by atoms with E-state index in [4.69, 9.17) is 4.74 Å². The van der Waals surface area contributed by atoms with E-state index in [2.05, 4.69) is 38.9 Å². The molecule has 3 heterocycles. The van der Waals surface area contributed by atoms with Gasteiger partial charge in [0.05, 0.1) is 24.0 Å². The summed E-state index contributed by atoms with van der Waals surface area (Å²) in [5.74, 6) is 1.22. The van der Waals surface area contributed by atoms with Gasteiger partial charge in [-0.1, -0.05) is 6.07 Å². The number of carbonyl (C=O) groups is 1. The lowest BCUT2D eigenvalue weighted by atomic mass is 9.77. The number of ether oxygens (including phenoxy) is 1. The highest BCUT2D eigenvalue weighted by molar-refractivity contribution is 5.76. The van der Waals surface area contributed by atoms with Crippen LogP contribution in [0.5, 0.6) is 0 Å². The molecule has 1 saturated carbocycles. The minimum atomic E-state index is 0.00530. The molecule has 0 spiro atoms. The highest BCUT2D eigenvalue weighted by Gasteiger charge is 2.43. The fourth-order valence-corrected chi connectivity index (χ4v) is 4.72. The fourth-order valence-electron chi connectivity index (χ4n) is 4.72. The number of nitrogens with zero attached hydrogens (tertiary/aromatic N) is 5. The third-order valence-electron chi connectivity index (χ3n) is 6.26. The Morgan fingerprint density at radius 2 is 2.03 bits per heavy atom. The maximum Gasteiger partial charge on any atom is 0.248 e. The summed E-state index contributed by atoms with van der Waals surface area (Å²) in [6.45, 7) is 5.23. The molecule has 29 heavy (non-hydrogen) atoms. The van der Waals surface area contributed by atoms with Gasteiger partial charge in [-0.05, 0) is 49.3 Å². The van der Waals surface area contributed by atoms with Crippen molar-refractivity contribution >= 4 is 5.91 Å². The number of pyridine rings is 1. The van der Waals surface area contributed by atoms with Crippen molar-refractivity contribution in [3.05, 3.63) is 48.0 Å². The Hall–Kier alpha value is -2.25. The lowest BCUT2D eigenvalue weighted by molar-refractivity contribution is -0.138. The van der Waals surface area contributed by atoms with Gasteiger partial charge in [-0.3, -0.25) is 19.4 Å². The number of likely N-dealkylation sites (tertiary alicyclic amines) is 1. The Kier molecular flexibility index (Phi) is 5.96. The van der Waals surface area contributed by atoms with E-state index in [0.717, 1.165) is 43.7 Å². The van der Waals surface area contributed by atoms with E-state index in [-0.39, 0.29) is 24.7 Å². The highest BCUT2D eigenvalue weighted by atomic mass is 16.5. The van der Waals surface area contributed by atoms with Crippen molar-refractivity contribution in [1.29, 1.82) is 0 Å². The second-order valence-electron chi connectivity index (χ2n) is 8.71. The third kappa shape index (κ3) is 4.67. The Labute approximate surface area is 172 Å². The number of rotatable bonds is 6. The van der Waals surface area contributed by atoms with Crippen molar-refractivity contribution in [3.8, 4) is 0 Å². The molecule has 1 aliphatic heterocycles. The topological polar surface area (TPSA) is 63.5 Å². The highest BCUT2D eigenvalue weighted by Crippen LogP contribution is 2.42. The smallest absolute Gasteiger partial charge is 0.248 e. The zero-order valence-electron chi connectivity index (χ0n) is 17.6. The van der Waals surface area contributed by atoms with Crippen molar-refractivity contribution in [2.75, 3.05) is 33.8 Å². The predicted molar refractivity (Wildman–Crippen MR) is 110 cm³/mol. The number of amides is 1. The van der Waals surface area contributed by atoms with Crippen LogP contribution in [-0.4, -0.2) is 70.4 Å². The van der Waals surface area contributed by atoms with E-state index >= 15 is 0 Å². The van der Waals surface area contributed by atoms with Gasteiger partial charge in [0.25, 0.3) is 0 Å². The summed E-state index contributed by atoms with van der Waals surface area (Å²) >= 11 is 0. The molecule has 0 bridgehead atoms. The molecular weight excluding hydrogens is 366 g/mol. The van der Waals surface area contributed by atoms with E-state index in [1.165, 1.54) is 0 Å². The van der Waals surface area contributed by atoms with E-state index < -0.39 is 0 Å². The number of hydrogen-bond acceptors (Lipinski definition) is 5. The van der Waals surface area contributed by atoms with E-state index in [0.29, 0.717) is 11.8 Å². The van der Waals surface area contributed by atoms with E-state index in [1.54, 1.807) is 19.0 Å². The van der Waals surface area contributed by atoms with Crippen molar-refractivity contribution in [3.63, 3.8) is 0 Å². The molecule has 2 aromatic heterocycles. The molecule has 0 unspecified atom stereocenters. The number of likely N-dealkylation sites (N-methyl/N-ethyl adjacent to an activating group) is 1. The van der Waals surface area contributed by atoms with Gasteiger partial charge >= 0.3 is 0 Å². The Bertz CT molecular complexity index is 822. The lowest BCUT2D eigenvalue weighted by Gasteiger charge is -2.38. The fraction of sp³-hybridized carbons (Fsp3) is 0.591. The van der Waals surface area contributed by atoms with Crippen LogP contribution in [0.25, 0.3) is 0 Å². The number of hydrogen-bond donors (Lipinski definition) is 0. The molecule has 0 radical (unpaired) electrons. The van der Waals surface area contributed by atoms with Crippen LogP contribution >= 0.6 is 0 Å². The summed E-state index contributed by atoms with van der Waals surface area (Å²) in [6, 6.07) is 6.28. The SMILES string of the molecule is Cc1cnn([C@H]2C[C@H]3CN(Cc4ccccn4)C[C@H]3C[C@@H]2OCC(=O)N(C)C)c1. The van der Waals surface area contributed by atoms with Gasteiger partial charge in [0, 0.05) is 46.1 Å². The van der Waals surface area contributed by atoms with Crippen LogP contribution in [0.1, 0.15) is 30.1 Å². The van der Waals surface area contributed by atoms with E-state index in [1.807, 2.05) is 24.5 Å². The first-order chi connectivity index (χ1) is 14.0. The summed E-state index contributed by atoms with van der Waals surface area (Å²) in [7, 11) is 3.53. The molecule has 0 N–H and O–H groups in total. The molecule has 1 aliphatic carbocycles. The van der Waals surface area contributed by atoms with Crippen molar-refractivity contribution in [2.45, 2.75) is 38.5 Å². The Morgan fingerprint density at radius 1 is 1.24 bits per heavy atom. The average Bonchev–Trinajstić information content (AvgIpc) is 3.31. The molecule has 7 nitrogen and oxygen atoms in total. The van der Waals surface area contributed by atoms with Crippen molar-refractivity contribution in [2.24, 2.45) is 11.8 Å². The van der Waals surface area contributed by atoms with Crippen LogP contribution < -0.4 is 0 Å². The summed E-state index contributed by atoms with van der Waals surface area (Å²) in [5.41, 5.74) is 2.27. The summed E-state index contributed by atoms with van der Waals surface area (Å²) < 4.78 is 8.21. The molecule has 7 heteroatoms. The summed E-state index contributed by atoms with van der Waals surface area (Å²) in [5, 5.41) is 4.57. The number of fused-ring (bicyclic) bond motifs is 1. The third-order valence-corrected chi connectivity index (χ3v) is 6.26. The van der Waals surface area contributed by atoms with Gasteiger partial charge in [0.15, 0.2) is 0 Å². The van der Waals surface area contributed by atoms with Gasteiger partial charge in [-0.25, -0.2) is 0 Å². The number of aromatic nitrogens is 3. The van der Waals surface area contributed by atoms with Gasteiger partial charge in [0.1, 0.15) is 6.61 Å². The van der Waals surface area contributed by atoms with Crippen molar-refractivity contribution in [1.82, 2.24) is 24.6 Å². The van der Waals surface area contributed by atoms with Crippen LogP contribution in [-0.2, 0) is 16.1 Å². The summed E-state index contributed by atoms with van der Waals surface area (Å²) in [4.78, 5) is 20.7. The maximum atomic E-state index is 12.1. The first-order valence-electron chi connectivity index (χ1n) is 10.4. The average molecular weight is 398 g/mol. The largest absolute Gasteiger partial charge is 0.366 e. The lowest BCUT2D eigenvalue weighted by Crippen LogP contribution is -2.40. The Balaban J connectivity index is 1.45. The Morgan fingerprint density at radius 3 is 2.69 bits per heavy atom. The molecule has 2 fully saturated rings. The molecule has 2 aliphatic rings. The molecule has 1 amide bonds. The zero-order valence-corrected chi connectivity index (χ0v) is 17.6. The minimum Gasteiger partial charge on any atom is -0.366 e. The first-order valence-corrected chi connectivity index (χ1v) is 10.4. The zero-order chi connectivity index (χ0) is 20.4. The monoisotopic (exact) mass is 397 g/mol. The van der Waals surface area contributed by atoms with Gasteiger partial charge in [-0.2, -0.15) is 5.10 Å². The van der Waals surface area contributed by atoms with Crippen LogP contribution in [0, 0.1) is 18.8 Å². The first kappa shape index (κ1) is 20.0. The second kappa shape index (κ2) is 8.63. The van der Waals surface area contributed by atoms with E-state index in [9.17, 15) is 4.79 Å². The number of carbonyl (C=O) groups excluding carboxylic acids is 1. The normalized spacial score (nSPS) is 27.0. The molecule has 4 rings (SSSR count). The van der Waals surface area contributed by atoms with Gasteiger partial charge in [-0.15, -0.1) is 0 Å². The molecule has 156 valence electrons. The molecule has 1 saturated heterocycles. The molecule has 0 aromatic carbocycles. The minimum absolute atomic E-state index is 0.00530. The maximum absolute atomic E-state index is 12.1. The van der Waals surface area contributed by atoms with Gasteiger partial charge < -0.3 is 9.64 Å². The van der Waals surface area contributed by atoms with Crippen LogP contribution in [0.3, 0.4) is 0 Å². The van der Waals surface area contributed by atoms with Crippen molar-refractivity contribution < 1.29 is 9.53 Å². The second-order valence-corrected chi connectivity index (χ2v) is 8.71. The van der Waals surface area contributed by atoms with Crippen LogP contribution in [0.4, 0.5) is 0 Å². The van der Waals surface area contributed by atoms with Gasteiger partial charge in [0.2, 0.25) is 5.91 Å². The molecule has 4 atom stereocenters. The predicted octanol–water partition coefficient (Wildman–Crippen LogP) is 2.14. The number of aryl methyl sites for hydroxylation is 1. The standard InChI is InChI=1S/C22H31N5O2/c1-16-10-24-27(11-16)20-8-17-12-26(14-19-6-4-5-7-23-19)13-18(17)9-21(20)29-15-22(28)25(2)3/h4-7,10-11,17-18,20-21H,8-9,12-15H2,1-3H3/t17-,18+,20-,21-/m0/s1. The molecular formula is C22H31N5O2. The van der Waals surface area contributed by atoms with Crippen LogP contribution in [0.15, 0.2) is 36.8 Å². The summed E-state index contributed by atoms with van der Waals surface area (Å²) in [6.07, 6.45) is 7.86. The van der Waals surface area contributed by atoms with Crippen LogP contribution in [0.2, 0.25) is 0 Å². The molecule has 2 aromatic rings.